The van der Waals surface area contributed by atoms with Crippen molar-refractivity contribution in [2.24, 2.45) is 0 Å². The van der Waals surface area contributed by atoms with E-state index in [1.165, 1.54) is 29.2 Å². The highest BCUT2D eigenvalue weighted by atomic mass is 32.3. The fourth-order valence-corrected chi connectivity index (χ4v) is 5.90. The Labute approximate surface area is 191 Å². The van der Waals surface area contributed by atoms with Gasteiger partial charge in [0, 0.05) is 28.9 Å². The second-order valence-corrected chi connectivity index (χ2v) is 10.8. The molecule has 2 aromatic carbocycles. The number of aromatic nitrogens is 2. The first-order chi connectivity index (χ1) is 15.7. The van der Waals surface area contributed by atoms with E-state index < -0.39 is 16.7 Å². The Hall–Kier alpha value is -3.08. The Balaban J connectivity index is 1.58. The molecule has 10 heteroatoms. The SMILES string of the molecule is C[C@H]1CCc2c(ccc(-c3cnn(C4CS(O)(O)C4)c3)c2Oc2ccc(F)cc2)N1C(=O)O. The lowest BCUT2D eigenvalue weighted by atomic mass is 9.92. The predicted octanol–water partition coefficient (Wildman–Crippen LogP) is 5.61. The van der Waals surface area contributed by atoms with Crippen LogP contribution in [0.15, 0.2) is 48.8 Å². The number of fused-ring (bicyclic) bond motifs is 1. The lowest BCUT2D eigenvalue weighted by Crippen LogP contribution is -2.41. The van der Waals surface area contributed by atoms with E-state index in [4.69, 9.17) is 4.74 Å². The molecule has 0 bridgehead atoms. The van der Waals surface area contributed by atoms with Crippen LogP contribution in [0.3, 0.4) is 0 Å². The zero-order chi connectivity index (χ0) is 23.3. The van der Waals surface area contributed by atoms with Crippen molar-refractivity contribution in [3.63, 3.8) is 0 Å². The lowest BCUT2D eigenvalue weighted by molar-refractivity contribution is 0.198. The third-order valence-corrected chi connectivity index (χ3v) is 8.03. The van der Waals surface area contributed by atoms with Gasteiger partial charge in [-0.2, -0.15) is 15.7 Å². The first-order valence-electron chi connectivity index (χ1n) is 10.6. The van der Waals surface area contributed by atoms with Gasteiger partial charge in [0.2, 0.25) is 0 Å². The molecule has 1 aromatic heterocycles. The number of nitrogens with zero attached hydrogens (tertiary/aromatic N) is 3. The molecule has 3 N–H and O–H groups in total. The van der Waals surface area contributed by atoms with Gasteiger partial charge in [-0.15, -0.1) is 0 Å². The van der Waals surface area contributed by atoms with Gasteiger partial charge in [-0.25, -0.2) is 9.18 Å². The summed E-state index contributed by atoms with van der Waals surface area (Å²) in [5, 5.41) is 14.2. The Bertz CT molecular complexity index is 1210. The van der Waals surface area contributed by atoms with Crippen LogP contribution < -0.4 is 9.64 Å². The van der Waals surface area contributed by atoms with Crippen molar-refractivity contribution >= 4 is 22.4 Å². The number of anilines is 1. The van der Waals surface area contributed by atoms with Crippen LogP contribution in [0.1, 0.15) is 24.9 Å². The number of benzene rings is 2. The van der Waals surface area contributed by atoms with Gasteiger partial charge in [0.1, 0.15) is 17.3 Å². The van der Waals surface area contributed by atoms with Crippen LogP contribution in [0.2, 0.25) is 0 Å². The second-order valence-electron chi connectivity index (χ2n) is 8.53. The highest BCUT2D eigenvalue weighted by Crippen LogP contribution is 2.54. The molecule has 174 valence electrons. The molecule has 0 aliphatic carbocycles. The number of rotatable bonds is 4. The highest BCUT2D eigenvalue weighted by molar-refractivity contribution is 8.25. The van der Waals surface area contributed by atoms with Crippen molar-refractivity contribution < 1.29 is 28.1 Å². The topological polar surface area (TPSA) is 108 Å². The highest BCUT2D eigenvalue weighted by Gasteiger charge is 2.36. The average molecular weight is 474 g/mol. The zero-order valence-corrected chi connectivity index (χ0v) is 18.7. The number of halogens is 1. The van der Waals surface area contributed by atoms with E-state index in [-0.39, 0.29) is 29.4 Å². The van der Waals surface area contributed by atoms with Gasteiger partial charge >= 0.3 is 6.09 Å². The maximum Gasteiger partial charge on any atom is 0.412 e. The summed E-state index contributed by atoms with van der Waals surface area (Å²) in [7, 11) is -2.50. The average Bonchev–Trinajstić information content (AvgIpc) is 3.23. The van der Waals surface area contributed by atoms with Gasteiger partial charge in [0.25, 0.3) is 0 Å². The fraction of sp³-hybridized carbons (Fsp3) is 0.304. The van der Waals surface area contributed by atoms with Crippen LogP contribution in [0, 0.1) is 5.82 Å². The van der Waals surface area contributed by atoms with Gasteiger partial charge in [-0.05, 0) is 56.2 Å². The summed E-state index contributed by atoms with van der Waals surface area (Å²) >= 11 is 0. The Morgan fingerprint density at radius 3 is 2.58 bits per heavy atom. The molecule has 3 aromatic rings. The zero-order valence-electron chi connectivity index (χ0n) is 17.9. The molecule has 0 radical (unpaired) electrons. The molecule has 1 amide bonds. The lowest BCUT2D eigenvalue weighted by Gasteiger charge is -2.46. The van der Waals surface area contributed by atoms with Gasteiger partial charge in [-0.3, -0.25) is 18.7 Å². The third kappa shape index (κ3) is 4.05. The normalized spacial score (nSPS) is 20.6. The number of hydrogen-bond donors (Lipinski definition) is 3. The largest absolute Gasteiger partial charge is 0.465 e. The first kappa shape index (κ1) is 21.7. The van der Waals surface area contributed by atoms with Crippen LogP contribution in [0.4, 0.5) is 14.9 Å². The van der Waals surface area contributed by atoms with E-state index in [9.17, 15) is 23.4 Å². The van der Waals surface area contributed by atoms with Crippen LogP contribution in [-0.2, 0) is 6.42 Å². The fourth-order valence-electron chi connectivity index (χ4n) is 4.46. The summed E-state index contributed by atoms with van der Waals surface area (Å²) in [6.07, 6.45) is 3.76. The minimum atomic E-state index is -2.50. The summed E-state index contributed by atoms with van der Waals surface area (Å²) in [6.45, 7) is 1.87. The molecule has 2 aliphatic heterocycles. The molecule has 0 unspecified atom stereocenters. The van der Waals surface area contributed by atoms with E-state index in [0.717, 1.165) is 16.7 Å². The molecule has 0 saturated carbocycles. The Morgan fingerprint density at radius 1 is 1.18 bits per heavy atom. The molecule has 1 saturated heterocycles. The second kappa shape index (κ2) is 8.05. The van der Waals surface area contributed by atoms with E-state index >= 15 is 0 Å². The summed E-state index contributed by atoms with van der Waals surface area (Å²) in [5.41, 5.74) is 2.83. The van der Waals surface area contributed by atoms with Crippen LogP contribution in [0.5, 0.6) is 11.5 Å². The maximum atomic E-state index is 13.4. The van der Waals surface area contributed by atoms with Crippen molar-refractivity contribution in [3.8, 4) is 22.6 Å². The molecule has 1 atom stereocenters. The van der Waals surface area contributed by atoms with Crippen molar-refractivity contribution in [2.75, 3.05) is 16.4 Å². The molecular weight excluding hydrogens is 449 g/mol. The molecule has 0 spiro atoms. The molecule has 3 heterocycles. The van der Waals surface area contributed by atoms with Crippen LogP contribution >= 0.6 is 10.6 Å². The summed E-state index contributed by atoms with van der Waals surface area (Å²) < 4.78 is 40.8. The van der Waals surface area contributed by atoms with Gasteiger partial charge in [0.15, 0.2) is 0 Å². The smallest absolute Gasteiger partial charge is 0.412 e. The summed E-state index contributed by atoms with van der Waals surface area (Å²) in [4.78, 5) is 13.3. The summed E-state index contributed by atoms with van der Waals surface area (Å²) in [6, 6.07) is 9.02. The molecule has 2 aliphatic rings. The van der Waals surface area contributed by atoms with Crippen molar-refractivity contribution in [1.82, 2.24) is 9.78 Å². The van der Waals surface area contributed by atoms with Crippen molar-refractivity contribution in [1.29, 1.82) is 0 Å². The quantitative estimate of drug-likeness (QED) is 0.455. The number of carboxylic acid groups (broad SMARTS) is 1. The van der Waals surface area contributed by atoms with Gasteiger partial charge in [-0.1, -0.05) is 0 Å². The number of ether oxygens (including phenoxy) is 1. The Kier molecular flexibility index (Phi) is 5.31. The van der Waals surface area contributed by atoms with E-state index in [0.29, 0.717) is 30.0 Å². The van der Waals surface area contributed by atoms with Crippen molar-refractivity contribution in [3.05, 3.63) is 60.2 Å². The molecule has 8 nitrogen and oxygen atoms in total. The van der Waals surface area contributed by atoms with Gasteiger partial charge < -0.3 is 9.84 Å². The maximum absolute atomic E-state index is 13.4. The Morgan fingerprint density at radius 2 is 1.91 bits per heavy atom. The third-order valence-electron chi connectivity index (χ3n) is 6.19. The number of carbonyl (C=O) groups is 1. The minimum absolute atomic E-state index is 0.0776. The molecule has 33 heavy (non-hydrogen) atoms. The molecule has 1 fully saturated rings. The summed E-state index contributed by atoms with van der Waals surface area (Å²) in [5.74, 6) is 1.13. The number of hydrogen-bond acceptors (Lipinski definition) is 5. The van der Waals surface area contributed by atoms with E-state index in [2.05, 4.69) is 5.10 Å². The monoisotopic (exact) mass is 473 g/mol. The standard InChI is InChI=1S/C23H24FN3O5S/c1-14-2-7-20-21(27(14)23(28)29)9-8-19(22(20)32-18-5-3-16(24)4-6-18)15-10-25-26(11-15)17-12-33(30,31)13-17/h3-6,8-11,14,17,30-31H,2,7,12-13H2,1H3,(H,28,29)/t14-/m0/s1. The van der Waals surface area contributed by atoms with E-state index in [1.54, 1.807) is 23.0 Å². The predicted molar refractivity (Wildman–Crippen MR) is 124 cm³/mol. The minimum Gasteiger partial charge on any atom is -0.465 e. The van der Waals surface area contributed by atoms with Crippen LogP contribution in [0.25, 0.3) is 11.1 Å². The van der Waals surface area contributed by atoms with Crippen LogP contribution in [-0.4, -0.2) is 47.6 Å². The number of amides is 1. The molecule has 5 rings (SSSR count). The first-order valence-corrected chi connectivity index (χ1v) is 12.5. The van der Waals surface area contributed by atoms with Crippen molar-refractivity contribution in [2.45, 2.75) is 31.8 Å². The van der Waals surface area contributed by atoms with Gasteiger partial charge in [0.05, 0.1) is 29.4 Å². The van der Waals surface area contributed by atoms with E-state index in [1.807, 2.05) is 13.1 Å². The molecular formula is C23H24FN3O5S.